The van der Waals surface area contributed by atoms with Crippen LogP contribution in [-0.4, -0.2) is 21.5 Å². The first-order valence-corrected chi connectivity index (χ1v) is 9.21. The van der Waals surface area contributed by atoms with Crippen molar-refractivity contribution in [1.82, 2.24) is 9.97 Å². The molecule has 0 spiro atoms. The van der Waals surface area contributed by atoms with E-state index in [1.165, 1.54) is 26.0 Å². The summed E-state index contributed by atoms with van der Waals surface area (Å²) < 4.78 is 10.5. The van der Waals surface area contributed by atoms with Gasteiger partial charge in [0.15, 0.2) is 23.3 Å². The second kappa shape index (κ2) is 7.47. The van der Waals surface area contributed by atoms with Gasteiger partial charge in [-0.05, 0) is 50.2 Å². The molecule has 8 nitrogen and oxygen atoms in total. The zero-order valence-electron chi connectivity index (χ0n) is 16.2. The van der Waals surface area contributed by atoms with Gasteiger partial charge in [-0.3, -0.25) is 9.59 Å². The molecule has 0 saturated carbocycles. The Balaban J connectivity index is 1.62. The van der Waals surface area contributed by atoms with Gasteiger partial charge in [-0.1, -0.05) is 0 Å². The van der Waals surface area contributed by atoms with Crippen LogP contribution in [0, 0.1) is 0 Å². The van der Waals surface area contributed by atoms with E-state index in [0.717, 1.165) is 0 Å². The fourth-order valence-electron chi connectivity index (χ4n) is 3.10. The van der Waals surface area contributed by atoms with Crippen LogP contribution in [0.15, 0.2) is 54.8 Å². The Labute approximate surface area is 169 Å². The van der Waals surface area contributed by atoms with Crippen molar-refractivity contribution in [2.75, 3.05) is 0 Å². The number of ketones is 2. The van der Waals surface area contributed by atoms with Crippen molar-refractivity contribution < 1.29 is 18.4 Å². The quantitative estimate of drug-likeness (QED) is 0.466. The molecule has 8 heteroatoms. The third-order valence-corrected chi connectivity index (χ3v) is 4.71. The standard InChI is InChI=1S/C22H16N2O6/c1-11(25)13-3-5-17-15(9-13)21(27)29-19(23-17)7-8-20-24-18-6-4-14(12(2)26)10-16(18)22(28)30-20/h3-6,9-10H,7-8H2,1-2H3. The first-order valence-electron chi connectivity index (χ1n) is 9.21. The minimum absolute atomic E-state index is 0.159. The van der Waals surface area contributed by atoms with E-state index in [0.29, 0.717) is 22.2 Å². The minimum atomic E-state index is -0.595. The Morgan fingerprint density at radius 3 is 1.50 bits per heavy atom. The lowest BCUT2D eigenvalue weighted by atomic mass is 10.1. The number of nitrogens with zero attached hydrogens (tertiary/aromatic N) is 2. The maximum absolute atomic E-state index is 12.3. The lowest BCUT2D eigenvalue weighted by Gasteiger charge is -2.04. The fourth-order valence-corrected chi connectivity index (χ4v) is 3.10. The molecule has 4 aromatic rings. The van der Waals surface area contributed by atoms with Crippen LogP contribution >= 0.6 is 0 Å². The van der Waals surface area contributed by atoms with Crippen molar-refractivity contribution >= 4 is 33.4 Å². The average Bonchev–Trinajstić information content (AvgIpc) is 2.71. The van der Waals surface area contributed by atoms with Crippen LogP contribution in [0.4, 0.5) is 0 Å². The van der Waals surface area contributed by atoms with E-state index in [9.17, 15) is 19.2 Å². The molecule has 0 saturated heterocycles. The summed E-state index contributed by atoms with van der Waals surface area (Å²) in [6, 6.07) is 9.29. The topological polar surface area (TPSA) is 120 Å². The SMILES string of the molecule is CC(=O)c1ccc2nc(CCc3nc4ccc(C(C)=O)cc4c(=O)o3)oc(=O)c2c1. The highest BCUT2D eigenvalue weighted by Crippen LogP contribution is 2.15. The lowest BCUT2D eigenvalue weighted by Crippen LogP contribution is -2.10. The molecule has 0 unspecified atom stereocenters. The van der Waals surface area contributed by atoms with E-state index >= 15 is 0 Å². The number of aromatic nitrogens is 2. The third kappa shape index (κ3) is 3.67. The molecule has 150 valence electrons. The predicted octanol–water partition coefficient (Wildman–Crippen LogP) is 2.88. The lowest BCUT2D eigenvalue weighted by molar-refractivity contribution is 0.100. The van der Waals surface area contributed by atoms with Gasteiger partial charge in [0.2, 0.25) is 0 Å². The molecule has 0 aliphatic rings. The van der Waals surface area contributed by atoms with Crippen LogP contribution in [0.25, 0.3) is 21.8 Å². The third-order valence-electron chi connectivity index (χ3n) is 4.71. The highest BCUT2D eigenvalue weighted by atomic mass is 16.4. The number of carbonyl (C=O) groups is 2. The summed E-state index contributed by atoms with van der Waals surface area (Å²) in [5.41, 5.74) is 0.441. The van der Waals surface area contributed by atoms with Crippen molar-refractivity contribution in [3.63, 3.8) is 0 Å². The summed E-state index contributed by atoms with van der Waals surface area (Å²) in [6.07, 6.45) is 0.374. The van der Waals surface area contributed by atoms with Crippen LogP contribution < -0.4 is 11.3 Å². The van der Waals surface area contributed by atoms with E-state index in [-0.39, 0.29) is 47.0 Å². The molecule has 0 aliphatic heterocycles. The Hall–Kier alpha value is -3.94. The van der Waals surface area contributed by atoms with Gasteiger partial charge in [0.1, 0.15) is 0 Å². The van der Waals surface area contributed by atoms with Gasteiger partial charge in [-0.25, -0.2) is 19.6 Å². The second-order valence-electron chi connectivity index (χ2n) is 6.87. The van der Waals surface area contributed by atoms with Crippen molar-refractivity contribution in [3.8, 4) is 0 Å². The molecular formula is C22H16N2O6. The highest BCUT2D eigenvalue weighted by molar-refractivity contribution is 5.98. The normalized spacial score (nSPS) is 11.1. The number of rotatable bonds is 5. The monoisotopic (exact) mass is 404 g/mol. The summed E-state index contributed by atoms with van der Waals surface area (Å²) in [5, 5.41) is 0.450. The summed E-state index contributed by atoms with van der Waals surface area (Å²) >= 11 is 0. The Morgan fingerprint density at radius 2 is 1.13 bits per heavy atom. The van der Waals surface area contributed by atoms with Crippen LogP contribution in [0.1, 0.15) is 46.3 Å². The maximum Gasteiger partial charge on any atom is 0.346 e. The molecule has 30 heavy (non-hydrogen) atoms. The van der Waals surface area contributed by atoms with Crippen molar-refractivity contribution in [2.45, 2.75) is 26.7 Å². The summed E-state index contributed by atoms with van der Waals surface area (Å²) in [7, 11) is 0. The fraction of sp³-hybridized carbons (Fsp3) is 0.182. The molecule has 0 aliphatic carbocycles. The number of Topliss-reactive ketones (excluding diaryl/α,β-unsaturated/α-hetero) is 2. The van der Waals surface area contributed by atoms with Gasteiger partial charge in [0.25, 0.3) is 0 Å². The molecule has 0 radical (unpaired) electrons. The summed E-state index contributed by atoms with van der Waals surface area (Å²) in [6.45, 7) is 2.83. The van der Waals surface area contributed by atoms with Gasteiger partial charge in [0.05, 0.1) is 21.8 Å². The number of fused-ring (bicyclic) bond motifs is 2. The van der Waals surface area contributed by atoms with Gasteiger partial charge in [0, 0.05) is 24.0 Å². The molecule has 2 heterocycles. The molecule has 2 aromatic heterocycles. The highest BCUT2D eigenvalue weighted by Gasteiger charge is 2.12. The largest absolute Gasteiger partial charge is 0.408 e. The molecule has 2 aromatic carbocycles. The Bertz CT molecular complexity index is 1340. The summed E-state index contributed by atoms with van der Waals surface area (Å²) in [5.74, 6) is 0.0144. The van der Waals surface area contributed by atoms with Gasteiger partial charge >= 0.3 is 11.3 Å². The van der Waals surface area contributed by atoms with E-state index in [2.05, 4.69) is 9.97 Å². The number of benzene rings is 2. The molecule has 0 bridgehead atoms. The van der Waals surface area contributed by atoms with Crippen molar-refractivity contribution in [1.29, 1.82) is 0 Å². The minimum Gasteiger partial charge on any atom is -0.408 e. The Kier molecular flexibility index (Phi) is 4.83. The smallest absolute Gasteiger partial charge is 0.346 e. The zero-order valence-corrected chi connectivity index (χ0v) is 16.2. The van der Waals surface area contributed by atoms with E-state index in [1.807, 2.05) is 0 Å². The molecule has 0 amide bonds. The zero-order chi connectivity index (χ0) is 21.4. The Morgan fingerprint density at radius 1 is 0.733 bits per heavy atom. The average molecular weight is 404 g/mol. The molecule has 0 N–H and O–H groups in total. The van der Waals surface area contributed by atoms with Gasteiger partial charge < -0.3 is 8.83 Å². The summed E-state index contributed by atoms with van der Waals surface area (Å²) in [4.78, 5) is 56.1. The van der Waals surface area contributed by atoms with Crippen LogP contribution in [0.5, 0.6) is 0 Å². The van der Waals surface area contributed by atoms with Crippen LogP contribution in [0.2, 0.25) is 0 Å². The van der Waals surface area contributed by atoms with E-state index < -0.39 is 11.3 Å². The molecule has 0 fully saturated rings. The van der Waals surface area contributed by atoms with Crippen LogP contribution in [0.3, 0.4) is 0 Å². The first-order chi connectivity index (χ1) is 14.3. The number of carbonyl (C=O) groups excluding carboxylic acids is 2. The predicted molar refractivity (Wildman–Crippen MR) is 108 cm³/mol. The number of aryl methyl sites for hydroxylation is 2. The second-order valence-corrected chi connectivity index (χ2v) is 6.87. The number of hydrogen-bond donors (Lipinski definition) is 0. The molecule has 0 atom stereocenters. The van der Waals surface area contributed by atoms with E-state index in [4.69, 9.17) is 8.83 Å². The number of hydrogen-bond acceptors (Lipinski definition) is 8. The van der Waals surface area contributed by atoms with Crippen molar-refractivity contribution in [2.24, 2.45) is 0 Å². The van der Waals surface area contributed by atoms with Crippen molar-refractivity contribution in [3.05, 3.63) is 80.1 Å². The molecule has 4 rings (SSSR count). The molecular weight excluding hydrogens is 388 g/mol. The van der Waals surface area contributed by atoms with Gasteiger partial charge in [-0.15, -0.1) is 0 Å². The van der Waals surface area contributed by atoms with Gasteiger partial charge in [-0.2, -0.15) is 0 Å². The van der Waals surface area contributed by atoms with Crippen LogP contribution in [-0.2, 0) is 12.8 Å². The maximum atomic E-state index is 12.3. The van der Waals surface area contributed by atoms with E-state index in [1.54, 1.807) is 24.3 Å². The first kappa shape index (κ1) is 19.4.